The molecule has 1 N–H and O–H groups in total. The highest BCUT2D eigenvalue weighted by atomic mass is 16.3. The third-order valence-corrected chi connectivity index (χ3v) is 4.31. The lowest BCUT2D eigenvalue weighted by Crippen LogP contribution is -2.30. The van der Waals surface area contributed by atoms with E-state index in [0.717, 1.165) is 19.3 Å². The number of rotatable bonds is 6. The zero-order valence-corrected chi connectivity index (χ0v) is 14.0. The highest BCUT2D eigenvalue weighted by molar-refractivity contribution is 6.46. The molecule has 1 aliphatic rings. The third kappa shape index (κ3) is 3.20. The minimum Gasteiger partial charge on any atom is -0.507 e. The minimum atomic E-state index is -0.708. The van der Waals surface area contributed by atoms with Crippen LogP contribution in [0, 0.1) is 0 Å². The molecule has 1 aliphatic heterocycles. The molecule has 0 bridgehead atoms. The van der Waals surface area contributed by atoms with Crippen LogP contribution in [0.3, 0.4) is 0 Å². The van der Waals surface area contributed by atoms with Crippen LogP contribution in [0.1, 0.15) is 43.6 Å². The SMILES string of the molecule is CCCCCN1C(=O)C(=O)/C(=C(\O)c2ccncc2)C1c1ccco1. The summed E-state index contributed by atoms with van der Waals surface area (Å²) in [6.07, 6.45) is 7.29. The molecule has 6 nitrogen and oxygen atoms in total. The van der Waals surface area contributed by atoms with Crippen molar-refractivity contribution in [2.24, 2.45) is 0 Å². The Hall–Kier alpha value is -2.89. The second-order valence-corrected chi connectivity index (χ2v) is 5.95. The molecule has 3 rings (SSSR count). The number of aliphatic hydroxyl groups excluding tert-OH is 1. The van der Waals surface area contributed by atoms with Crippen molar-refractivity contribution in [3.8, 4) is 0 Å². The first-order valence-corrected chi connectivity index (χ1v) is 8.37. The summed E-state index contributed by atoms with van der Waals surface area (Å²) in [6, 6.07) is 5.90. The molecule has 1 atom stereocenters. The lowest BCUT2D eigenvalue weighted by Gasteiger charge is -2.23. The molecule has 3 heterocycles. The van der Waals surface area contributed by atoms with Gasteiger partial charge in [-0.3, -0.25) is 14.6 Å². The summed E-state index contributed by atoms with van der Waals surface area (Å²) in [4.78, 5) is 30.5. The van der Waals surface area contributed by atoms with E-state index >= 15 is 0 Å². The van der Waals surface area contributed by atoms with Gasteiger partial charge in [-0.2, -0.15) is 0 Å². The molecule has 1 saturated heterocycles. The fourth-order valence-electron chi connectivity index (χ4n) is 3.05. The number of ketones is 1. The van der Waals surface area contributed by atoms with E-state index in [1.807, 2.05) is 0 Å². The summed E-state index contributed by atoms with van der Waals surface area (Å²) >= 11 is 0. The predicted molar refractivity (Wildman–Crippen MR) is 91.5 cm³/mol. The molecular weight excluding hydrogens is 320 g/mol. The van der Waals surface area contributed by atoms with Crippen LogP contribution in [-0.4, -0.2) is 33.2 Å². The largest absolute Gasteiger partial charge is 0.507 e. The van der Waals surface area contributed by atoms with Gasteiger partial charge in [0.1, 0.15) is 17.6 Å². The van der Waals surface area contributed by atoms with Crippen molar-refractivity contribution in [1.29, 1.82) is 0 Å². The number of unbranched alkanes of at least 4 members (excludes halogenated alkanes) is 2. The van der Waals surface area contributed by atoms with E-state index < -0.39 is 17.7 Å². The third-order valence-electron chi connectivity index (χ3n) is 4.31. The maximum atomic E-state index is 12.6. The second kappa shape index (κ2) is 7.34. The van der Waals surface area contributed by atoms with Crippen LogP contribution in [0.2, 0.25) is 0 Å². The van der Waals surface area contributed by atoms with Gasteiger partial charge in [-0.15, -0.1) is 0 Å². The van der Waals surface area contributed by atoms with Crippen molar-refractivity contribution in [1.82, 2.24) is 9.88 Å². The molecule has 0 radical (unpaired) electrons. The number of pyridine rings is 1. The number of hydrogen-bond acceptors (Lipinski definition) is 5. The molecule has 2 aromatic heterocycles. The maximum Gasteiger partial charge on any atom is 0.295 e. The highest BCUT2D eigenvalue weighted by Crippen LogP contribution is 2.39. The lowest BCUT2D eigenvalue weighted by atomic mass is 10.00. The lowest BCUT2D eigenvalue weighted by molar-refractivity contribution is -0.140. The van der Waals surface area contributed by atoms with Gasteiger partial charge in [0.25, 0.3) is 11.7 Å². The fraction of sp³-hybridized carbons (Fsp3) is 0.316. The zero-order valence-electron chi connectivity index (χ0n) is 14.0. The average molecular weight is 340 g/mol. The summed E-state index contributed by atoms with van der Waals surface area (Å²) in [5.41, 5.74) is 0.501. The molecule has 1 fully saturated rings. The molecule has 0 aliphatic carbocycles. The predicted octanol–water partition coefficient (Wildman–Crippen LogP) is 3.29. The number of aromatic nitrogens is 1. The maximum absolute atomic E-state index is 12.6. The molecule has 6 heteroatoms. The Bertz CT molecular complexity index is 781. The Balaban J connectivity index is 2.06. The van der Waals surface area contributed by atoms with Gasteiger partial charge in [0.05, 0.1) is 11.8 Å². The first kappa shape index (κ1) is 17.0. The molecule has 0 saturated carbocycles. The molecule has 130 valence electrons. The first-order valence-electron chi connectivity index (χ1n) is 8.37. The summed E-state index contributed by atoms with van der Waals surface area (Å²) in [5, 5.41) is 10.7. The molecule has 1 amide bonds. The van der Waals surface area contributed by atoms with Crippen molar-refractivity contribution in [3.63, 3.8) is 0 Å². The van der Waals surface area contributed by atoms with E-state index in [0.29, 0.717) is 17.9 Å². The van der Waals surface area contributed by atoms with E-state index in [4.69, 9.17) is 4.42 Å². The van der Waals surface area contributed by atoms with Crippen molar-refractivity contribution >= 4 is 17.4 Å². The summed E-state index contributed by atoms with van der Waals surface area (Å²) in [5.74, 6) is -1.04. The Kier molecular flexibility index (Phi) is 4.97. The van der Waals surface area contributed by atoms with Crippen LogP contribution in [0.5, 0.6) is 0 Å². The molecule has 0 aromatic carbocycles. The molecule has 25 heavy (non-hydrogen) atoms. The number of likely N-dealkylation sites (tertiary alicyclic amines) is 1. The van der Waals surface area contributed by atoms with Crippen molar-refractivity contribution < 1.29 is 19.1 Å². The number of carbonyl (C=O) groups excluding carboxylic acids is 2. The highest BCUT2D eigenvalue weighted by Gasteiger charge is 2.47. The minimum absolute atomic E-state index is 0.0580. The monoisotopic (exact) mass is 340 g/mol. The number of aliphatic hydroxyl groups is 1. The van der Waals surface area contributed by atoms with Gasteiger partial charge in [0.2, 0.25) is 0 Å². The number of nitrogens with zero attached hydrogens (tertiary/aromatic N) is 2. The number of furan rings is 1. The van der Waals surface area contributed by atoms with Gasteiger partial charge in [-0.05, 0) is 30.7 Å². The summed E-state index contributed by atoms with van der Waals surface area (Å²) < 4.78 is 5.46. The summed E-state index contributed by atoms with van der Waals surface area (Å²) in [7, 11) is 0. The first-order chi connectivity index (χ1) is 12.1. The van der Waals surface area contributed by atoms with Gasteiger partial charge >= 0.3 is 0 Å². The van der Waals surface area contributed by atoms with E-state index in [2.05, 4.69) is 11.9 Å². The van der Waals surface area contributed by atoms with Crippen molar-refractivity contribution in [2.75, 3.05) is 6.54 Å². The van der Waals surface area contributed by atoms with Gasteiger partial charge < -0.3 is 14.4 Å². The topological polar surface area (TPSA) is 83.6 Å². The Morgan fingerprint density at radius 2 is 2.00 bits per heavy atom. The molecule has 1 unspecified atom stereocenters. The van der Waals surface area contributed by atoms with Crippen molar-refractivity contribution in [3.05, 3.63) is 59.8 Å². The quantitative estimate of drug-likeness (QED) is 0.377. The van der Waals surface area contributed by atoms with Gasteiger partial charge in [-0.25, -0.2) is 0 Å². The van der Waals surface area contributed by atoms with Gasteiger partial charge in [0, 0.05) is 24.5 Å². The Labute approximate surface area is 145 Å². The van der Waals surface area contributed by atoms with Crippen LogP contribution in [0.25, 0.3) is 5.76 Å². The van der Waals surface area contributed by atoms with Crippen LogP contribution >= 0.6 is 0 Å². The number of amides is 1. The molecule has 0 spiro atoms. The van der Waals surface area contributed by atoms with E-state index in [-0.39, 0.29) is 11.3 Å². The zero-order chi connectivity index (χ0) is 17.8. The van der Waals surface area contributed by atoms with E-state index in [9.17, 15) is 14.7 Å². The standard InChI is InChI=1S/C19H20N2O4/c1-2-3-4-11-21-16(14-6-5-12-25-14)15(18(23)19(21)24)17(22)13-7-9-20-10-8-13/h5-10,12,16,22H,2-4,11H2,1H3/b17-15-. The average Bonchev–Trinajstić information content (AvgIpc) is 3.24. The van der Waals surface area contributed by atoms with Gasteiger partial charge in [0.15, 0.2) is 0 Å². The molecular formula is C19H20N2O4. The number of hydrogen-bond donors (Lipinski definition) is 1. The van der Waals surface area contributed by atoms with Gasteiger partial charge in [-0.1, -0.05) is 19.8 Å². The van der Waals surface area contributed by atoms with E-state index in [1.165, 1.54) is 23.6 Å². The number of Topliss-reactive ketones (excluding diaryl/α,β-unsaturated/α-hetero) is 1. The van der Waals surface area contributed by atoms with E-state index in [1.54, 1.807) is 24.3 Å². The van der Waals surface area contributed by atoms with Crippen LogP contribution in [0.4, 0.5) is 0 Å². The van der Waals surface area contributed by atoms with Crippen LogP contribution < -0.4 is 0 Å². The normalized spacial score (nSPS) is 19.6. The smallest absolute Gasteiger partial charge is 0.295 e. The fourth-order valence-corrected chi connectivity index (χ4v) is 3.05. The summed E-state index contributed by atoms with van der Waals surface area (Å²) in [6.45, 7) is 2.51. The second-order valence-electron chi connectivity index (χ2n) is 5.95. The Morgan fingerprint density at radius 1 is 1.24 bits per heavy atom. The van der Waals surface area contributed by atoms with Crippen LogP contribution in [-0.2, 0) is 9.59 Å². The molecule has 2 aromatic rings. The number of carbonyl (C=O) groups is 2. The van der Waals surface area contributed by atoms with Crippen molar-refractivity contribution in [2.45, 2.75) is 32.2 Å². The van der Waals surface area contributed by atoms with Crippen LogP contribution in [0.15, 0.2) is 52.9 Å². The Morgan fingerprint density at radius 3 is 2.64 bits per heavy atom.